The molecule has 0 spiro atoms. The summed E-state index contributed by atoms with van der Waals surface area (Å²) >= 11 is 5.86. The predicted molar refractivity (Wildman–Crippen MR) is 118 cm³/mol. The van der Waals surface area contributed by atoms with Crippen LogP contribution in [0.25, 0.3) is 22.0 Å². The van der Waals surface area contributed by atoms with Gasteiger partial charge >= 0.3 is 0 Å². The molecule has 4 aromatic rings. The summed E-state index contributed by atoms with van der Waals surface area (Å²) in [7, 11) is -2.77. The van der Waals surface area contributed by atoms with Gasteiger partial charge in [-0.3, -0.25) is 14.9 Å². The lowest BCUT2D eigenvalue weighted by Gasteiger charge is -2.12. The molecular formula is C21H15ClFN3O5S. The van der Waals surface area contributed by atoms with Crippen molar-refractivity contribution in [1.82, 2.24) is 8.54 Å². The molecule has 0 fully saturated rings. The highest BCUT2D eigenvalue weighted by Gasteiger charge is 2.25. The zero-order valence-corrected chi connectivity index (χ0v) is 18.3. The van der Waals surface area contributed by atoms with Gasteiger partial charge < -0.3 is 4.57 Å². The smallest absolute Gasteiger partial charge is 0.275 e. The van der Waals surface area contributed by atoms with Crippen LogP contribution in [0.15, 0.2) is 64.5 Å². The van der Waals surface area contributed by atoms with Crippen LogP contribution in [-0.2, 0) is 17.1 Å². The minimum Gasteiger partial charge on any atom is -0.316 e. The Morgan fingerprint density at radius 3 is 2.38 bits per heavy atom. The van der Waals surface area contributed by atoms with Gasteiger partial charge in [-0.1, -0.05) is 29.3 Å². The average molecular weight is 476 g/mol. The van der Waals surface area contributed by atoms with Crippen LogP contribution in [0.5, 0.6) is 0 Å². The Hall–Kier alpha value is -3.50. The molecule has 0 bridgehead atoms. The summed E-state index contributed by atoms with van der Waals surface area (Å²) in [5, 5.41) is 10.9. The topological polar surface area (TPSA) is 104 Å². The predicted octanol–water partition coefficient (Wildman–Crippen LogP) is 4.25. The molecule has 0 N–H and O–H groups in total. The van der Waals surface area contributed by atoms with E-state index < -0.39 is 37.0 Å². The van der Waals surface area contributed by atoms with Crippen LogP contribution in [0.4, 0.5) is 10.1 Å². The normalized spacial score (nSPS) is 11.8. The molecule has 0 aliphatic carbocycles. The molecule has 2 heterocycles. The molecule has 2 aromatic carbocycles. The van der Waals surface area contributed by atoms with Gasteiger partial charge in [0.05, 0.1) is 14.8 Å². The number of aromatic nitrogens is 2. The third kappa shape index (κ3) is 3.37. The van der Waals surface area contributed by atoms with Crippen LogP contribution >= 0.6 is 11.6 Å². The van der Waals surface area contributed by atoms with E-state index in [9.17, 15) is 27.7 Å². The number of halogens is 2. The molecule has 4 rings (SSSR count). The fourth-order valence-corrected chi connectivity index (χ4v) is 5.00. The van der Waals surface area contributed by atoms with Crippen LogP contribution < -0.4 is 5.56 Å². The van der Waals surface area contributed by atoms with E-state index >= 15 is 0 Å². The molecule has 0 atom stereocenters. The fraction of sp³-hybridized carbons (Fsp3) is 0.0952. The van der Waals surface area contributed by atoms with Gasteiger partial charge in [-0.2, -0.15) is 0 Å². The second-order valence-corrected chi connectivity index (χ2v) is 9.42. The van der Waals surface area contributed by atoms with E-state index in [-0.39, 0.29) is 26.9 Å². The van der Waals surface area contributed by atoms with Crippen molar-refractivity contribution in [2.45, 2.75) is 11.8 Å². The summed E-state index contributed by atoms with van der Waals surface area (Å²) in [6, 6.07) is 9.32. The molecule has 0 amide bonds. The quantitative estimate of drug-likeness (QED) is 0.324. The molecule has 32 heavy (non-hydrogen) atoms. The maximum Gasteiger partial charge on any atom is 0.275 e. The van der Waals surface area contributed by atoms with Crippen molar-refractivity contribution in [2.75, 3.05) is 0 Å². The highest BCUT2D eigenvalue weighted by atomic mass is 35.5. The summed E-state index contributed by atoms with van der Waals surface area (Å²) in [4.78, 5) is 23.4. The maximum absolute atomic E-state index is 14.9. The lowest BCUT2D eigenvalue weighted by atomic mass is 10.0. The number of fused-ring (bicyclic) bond motifs is 1. The number of pyridine rings is 1. The van der Waals surface area contributed by atoms with E-state index in [2.05, 4.69) is 0 Å². The van der Waals surface area contributed by atoms with Gasteiger partial charge in [0.2, 0.25) is 0 Å². The second-order valence-electron chi connectivity index (χ2n) is 7.20. The van der Waals surface area contributed by atoms with Crippen LogP contribution in [0, 0.1) is 22.9 Å². The number of hydrogen-bond donors (Lipinski definition) is 0. The number of hydrogen-bond acceptors (Lipinski definition) is 5. The fourth-order valence-electron chi connectivity index (χ4n) is 3.44. The molecule has 164 valence electrons. The second kappa shape index (κ2) is 7.57. The van der Waals surface area contributed by atoms with Crippen LogP contribution in [0.2, 0.25) is 5.02 Å². The maximum atomic E-state index is 14.9. The van der Waals surface area contributed by atoms with E-state index in [0.29, 0.717) is 0 Å². The van der Waals surface area contributed by atoms with E-state index in [1.807, 2.05) is 6.92 Å². The number of nitro benzene ring substituents is 1. The standard InChI is InChI=1S/C21H15ClFN3O5S/c1-12-3-5-14(6-4-12)32(30,31)25-8-7-15-17(11-24(2)21(27)20(15)25)16-9-13(26(28)29)10-18(22)19(16)23/h3-11H,1-2H3. The van der Waals surface area contributed by atoms with Crippen molar-refractivity contribution in [3.8, 4) is 11.1 Å². The van der Waals surface area contributed by atoms with Crippen molar-refractivity contribution in [3.63, 3.8) is 0 Å². The van der Waals surface area contributed by atoms with Gasteiger partial charge in [0.15, 0.2) is 0 Å². The summed E-state index contributed by atoms with van der Waals surface area (Å²) in [6.07, 6.45) is 2.48. The van der Waals surface area contributed by atoms with Gasteiger partial charge in [0.25, 0.3) is 21.3 Å². The first-order chi connectivity index (χ1) is 15.0. The minimum atomic E-state index is -4.14. The minimum absolute atomic E-state index is 0.0300. The molecule has 0 radical (unpaired) electrons. The summed E-state index contributed by atoms with van der Waals surface area (Å²) in [5.74, 6) is -0.925. The Balaban J connectivity index is 2.06. The monoisotopic (exact) mass is 475 g/mol. The highest BCUT2D eigenvalue weighted by Crippen LogP contribution is 2.36. The average Bonchev–Trinajstić information content (AvgIpc) is 3.19. The van der Waals surface area contributed by atoms with Crippen LogP contribution in [0.3, 0.4) is 0 Å². The van der Waals surface area contributed by atoms with Gasteiger partial charge in [-0.15, -0.1) is 0 Å². The first-order valence-corrected chi connectivity index (χ1v) is 11.0. The first-order valence-electron chi connectivity index (χ1n) is 9.19. The molecule has 0 unspecified atom stereocenters. The van der Waals surface area contributed by atoms with Crippen molar-refractivity contribution in [1.29, 1.82) is 0 Å². The van der Waals surface area contributed by atoms with E-state index in [1.54, 1.807) is 12.1 Å². The molecule has 0 aliphatic rings. The largest absolute Gasteiger partial charge is 0.316 e. The number of nitrogens with zero attached hydrogens (tertiary/aromatic N) is 3. The van der Waals surface area contributed by atoms with Gasteiger partial charge in [-0.05, 0) is 25.1 Å². The SMILES string of the molecule is Cc1ccc(S(=O)(=O)n2ccc3c(-c4cc([N+](=O)[O-])cc(Cl)c4F)cn(C)c(=O)c32)cc1. The lowest BCUT2D eigenvalue weighted by molar-refractivity contribution is -0.384. The van der Waals surface area contributed by atoms with E-state index in [1.165, 1.54) is 37.6 Å². The van der Waals surface area contributed by atoms with Crippen molar-refractivity contribution >= 4 is 38.2 Å². The molecular weight excluding hydrogens is 461 g/mol. The van der Waals surface area contributed by atoms with E-state index in [4.69, 9.17) is 11.6 Å². The number of rotatable bonds is 4. The summed E-state index contributed by atoms with van der Waals surface area (Å²) in [6.45, 7) is 1.81. The molecule has 11 heteroatoms. The third-order valence-corrected chi connectivity index (χ3v) is 7.04. The zero-order chi connectivity index (χ0) is 23.4. The molecule has 8 nitrogen and oxygen atoms in total. The lowest BCUT2D eigenvalue weighted by Crippen LogP contribution is -2.22. The van der Waals surface area contributed by atoms with E-state index in [0.717, 1.165) is 26.2 Å². The number of non-ortho nitro benzene ring substituents is 1. The summed E-state index contributed by atoms with van der Waals surface area (Å²) < 4.78 is 43.2. The first kappa shape index (κ1) is 21.7. The van der Waals surface area contributed by atoms with Gasteiger partial charge in [0.1, 0.15) is 11.3 Å². The van der Waals surface area contributed by atoms with Crippen molar-refractivity contribution in [2.24, 2.45) is 7.05 Å². The van der Waals surface area contributed by atoms with Crippen LogP contribution in [0.1, 0.15) is 5.56 Å². The Kier molecular flexibility index (Phi) is 5.14. The Labute approximate surface area is 186 Å². The van der Waals surface area contributed by atoms with Crippen LogP contribution in [-0.4, -0.2) is 21.9 Å². The molecule has 0 saturated heterocycles. The Morgan fingerprint density at radius 1 is 1.09 bits per heavy atom. The Morgan fingerprint density at radius 2 is 1.75 bits per heavy atom. The van der Waals surface area contributed by atoms with Crippen molar-refractivity contribution in [3.05, 3.63) is 91.7 Å². The molecule has 0 aliphatic heterocycles. The number of aryl methyl sites for hydroxylation is 2. The number of nitro groups is 1. The summed E-state index contributed by atoms with van der Waals surface area (Å²) in [5.41, 5.74) is -0.579. The van der Waals surface area contributed by atoms with Crippen molar-refractivity contribution < 1.29 is 17.7 Å². The molecule has 2 aromatic heterocycles. The third-order valence-electron chi connectivity index (χ3n) is 5.08. The van der Waals surface area contributed by atoms with Gasteiger partial charge in [-0.25, -0.2) is 16.8 Å². The number of benzene rings is 2. The highest BCUT2D eigenvalue weighted by molar-refractivity contribution is 7.90. The molecule has 0 saturated carbocycles. The zero-order valence-electron chi connectivity index (χ0n) is 16.7. The van der Waals surface area contributed by atoms with Gasteiger partial charge in [0, 0.05) is 48.1 Å². The Bertz CT molecular complexity index is 1570.